The van der Waals surface area contributed by atoms with Gasteiger partial charge in [-0.05, 0) is 87.9 Å². The van der Waals surface area contributed by atoms with Crippen LogP contribution >= 0.6 is 0 Å². The predicted molar refractivity (Wildman–Crippen MR) is 137 cm³/mol. The van der Waals surface area contributed by atoms with Crippen molar-refractivity contribution in [1.29, 1.82) is 0 Å². The van der Waals surface area contributed by atoms with Gasteiger partial charge in [0.15, 0.2) is 0 Å². The summed E-state index contributed by atoms with van der Waals surface area (Å²) in [7, 11) is 4.07. The second-order valence-electron chi connectivity index (χ2n) is 9.18. The fraction of sp³-hybridized carbons (Fsp3) is 0.481. The molecule has 6 heteroatoms. The van der Waals surface area contributed by atoms with Crippen molar-refractivity contribution in [2.75, 3.05) is 44.0 Å². The van der Waals surface area contributed by atoms with Crippen molar-refractivity contribution < 1.29 is 4.74 Å². The first-order chi connectivity index (χ1) is 16.1. The zero-order valence-electron chi connectivity index (χ0n) is 20.2. The Bertz CT molecular complexity index is 1010. The molecule has 3 aromatic rings. The monoisotopic (exact) mass is 447 g/mol. The van der Waals surface area contributed by atoms with Gasteiger partial charge in [0.25, 0.3) is 0 Å². The Balaban J connectivity index is 1.21. The lowest BCUT2D eigenvalue weighted by Gasteiger charge is -2.29. The first-order valence-electron chi connectivity index (χ1n) is 12.3. The van der Waals surface area contributed by atoms with Crippen molar-refractivity contribution in [1.82, 2.24) is 15.3 Å². The molecule has 176 valence electrons. The first-order valence-corrected chi connectivity index (χ1v) is 12.3. The van der Waals surface area contributed by atoms with E-state index in [2.05, 4.69) is 51.9 Å². The third-order valence-electron chi connectivity index (χ3n) is 6.44. The number of anilines is 2. The zero-order valence-corrected chi connectivity index (χ0v) is 20.2. The highest BCUT2D eigenvalue weighted by molar-refractivity contribution is 5.90. The van der Waals surface area contributed by atoms with Crippen LogP contribution in [0.3, 0.4) is 0 Å². The highest BCUT2D eigenvalue weighted by Crippen LogP contribution is 2.28. The number of nitrogens with one attached hydrogen (secondary N) is 2. The molecule has 0 radical (unpaired) electrons. The van der Waals surface area contributed by atoms with Gasteiger partial charge < -0.3 is 20.3 Å². The van der Waals surface area contributed by atoms with Gasteiger partial charge in [-0.3, -0.25) is 0 Å². The Hall–Kier alpha value is -2.86. The molecule has 1 aliphatic rings. The number of hydrogen-bond acceptors (Lipinski definition) is 6. The van der Waals surface area contributed by atoms with Crippen LogP contribution in [-0.4, -0.2) is 49.8 Å². The van der Waals surface area contributed by atoms with E-state index in [9.17, 15) is 0 Å². The van der Waals surface area contributed by atoms with Gasteiger partial charge in [-0.15, -0.1) is 0 Å². The highest BCUT2D eigenvalue weighted by Gasteiger charge is 2.22. The maximum atomic E-state index is 5.52. The molecule has 0 atom stereocenters. The number of fused-ring (bicyclic) bond motifs is 1. The van der Waals surface area contributed by atoms with Crippen LogP contribution in [0.25, 0.3) is 10.9 Å². The highest BCUT2D eigenvalue weighted by atomic mass is 16.5. The summed E-state index contributed by atoms with van der Waals surface area (Å²) in [6.45, 7) is 4.84. The van der Waals surface area contributed by atoms with Gasteiger partial charge in [0, 0.05) is 25.5 Å². The summed E-state index contributed by atoms with van der Waals surface area (Å²) < 4.78 is 5.52. The summed E-state index contributed by atoms with van der Waals surface area (Å²) in [4.78, 5) is 11.6. The van der Waals surface area contributed by atoms with Gasteiger partial charge in [0.1, 0.15) is 11.6 Å². The Morgan fingerprint density at radius 3 is 2.45 bits per heavy atom. The maximum absolute atomic E-state index is 5.52. The van der Waals surface area contributed by atoms with Crippen molar-refractivity contribution in [3.05, 3.63) is 54.1 Å². The minimum atomic E-state index is 0.446. The quantitative estimate of drug-likeness (QED) is 0.431. The molecule has 0 amide bonds. The lowest BCUT2D eigenvalue weighted by Crippen LogP contribution is -2.32. The number of nitrogens with zero attached hydrogens (tertiary/aromatic N) is 3. The Kier molecular flexibility index (Phi) is 8.00. The van der Waals surface area contributed by atoms with Gasteiger partial charge in [-0.1, -0.05) is 24.3 Å². The fourth-order valence-corrected chi connectivity index (χ4v) is 4.62. The molecule has 0 bridgehead atoms. The normalized spacial score (nSPS) is 18.3. The molecule has 6 nitrogen and oxygen atoms in total. The number of rotatable bonds is 10. The second-order valence-corrected chi connectivity index (χ2v) is 9.18. The summed E-state index contributed by atoms with van der Waals surface area (Å²) in [5.74, 6) is 3.41. The molecule has 0 saturated heterocycles. The summed E-state index contributed by atoms with van der Waals surface area (Å²) in [5.41, 5.74) is 2.34. The van der Waals surface area contributed by atoms with Crippen LogP contribution < -0.4 is 20.3 Å². The Morgan fingerprint density at radius 1 is 0.970 bits per heavy atom. The van der Waals surface area contributed by atoms with Crippen molar-refractivity contribution in [3.63, 3.8) is 0 Å². The van der Waals surface area contributed by atoms with E-state index in [-0.39, 0.29) is 0 Å². The third-order valence-corrected chi connectivity index (χ3v) is 6.44. The SMILES string of the molecule is CCOc1ccc(CCNC[C@H]2CC[C@@H](Nc3nc(N(C)C)c4ccccc4n3)CC2)cc1. The Morgan fingerprint density at radius 2 is 1.73 bits per heavy atom. The fourth-order valence-electron chi connectivity index (χ4n) is 4.62. The van der Waals surface area contributed by atoms with E-state index in [0.29, 0.717) is 12.6 Å². The smallest absolute Gasteiger partial charge is 0.225 e. The molecule has 33 heavy (non-hydrogen) atoms. The minimum absolute atomic E-state index is 0.446. The van der Waals surface area contributed by atoms with Crippen LogP contribution in [-0.2, 0) is 6.42 Å². The molecule has 2 N–H and O–H groups in total. The van der Waals surface area contributed by atoms with Gasteiger partial charge in [0.05, 0.1) is 12.1 Å². The molecule has 0 aliphatic heterocycles. The minimum Gasteiger partial charge on any atom is -0.494 e. The third kappa shape index (κ3) is 6.35. The van der Waals surface area contributed by atoms with Gasteiger partial charge in [-0.25, -0.2) is 4.98 Å². The van der Waals surface area contributed by atoms with E-state index in [1.807, 2.05) is 33.2 Å². The lowest BCUT2D eigenvalue weighted by molar-refractivity contribution is 0.325. The van der Waals surface area contributed by atoms with Crippen LogP contribution in [0.15, 0.2) is 48.5 Å². The van der Waals surface area contributed by atoms with Crippen molar-refractivity contribution in [3.8, 4) is 5.75 Å². The average Bonchev–Trinajstić information content (AvgIpc) is 2.83. The van der Waals surface area contributed by atoms with E-state index in [1.165, 1.54) is 31.2 Å². The average molecular weight is 448 g/mol. The van der Waals surface area contributed by atoms with E-state index in [1.54, 1.807) is 0 Å². The molecule has 1 heterocycles. The maximum Gasteiger partial charge on any atom is 0.225 e. The van der Waals surface area contributed by atoms with E-state index in [4.69, 9.17) is 14.7 Å². The number of ether oxygens (including phenoxy) is 1. The van der Waals surface area contributed by atoms with Crippen molar-refractivity contribution >= 4 is 22.7 Å². The van der Waals surface area contributed by atoms with Crippen molar-refractivity contribution in [2.24, 2.45) is 5.92 Å². The number of hydrogen-bond donors (Lipinski definition) is 2. The van der Waals surface area contributed by atoms with Crippen LogP contribution in [0.1, 0.15) is 38.2 Å². The summed E-state index contributed by atoms with van der Waals surface area (Å²) in [6, 6.07) is 17.1. The summed E-state index contributed by atoms with van der Waals surface area (Å²) >= 11 is 0. The summed E-state index contributed by atoms with van der Waals surface area (Å²) in [5, 5.41) is 8.37. The number of benzene rings is 2. The van der Waals surface area contributed by atoms with Crippen LogP contribution in [0.5, 0.6) is 5.75 Å². The molecular formula is C27H37N5O. The molecular weight excluding hydrogens is 410 g/mol. The molecule has 0 spiro atoms. The molecule has 0 unspecified atom stereocenters. The van der Waals surface area contributed by atoms with Gasteiger partial charge in [-0.2, -0.15) is 4.98 Å². The Labute approximate surface area is 197 Å². The topological polar surface area (TPSA) is 62.3 Å². The molecule has 1 fully saturated rings. The van der Waals surface area contributed by atoms with E-state index in [0.717, 1.165) is 53.8 Å². The molecule has 2 aromatic carbocycles. The number of aromatic nitrogens is 2. The van der Waals surface area contributed by atoms with Gasteiger partial charge >= 0.3 is 0 Å². The lowest BCUT2D eigenvalue weighted by atomic mass is 9.86. The number of para-hydroxylation sites is 1. The van der Waals surface area contributed by atoms with Crippen molar-refractivity contribution in [2.45, 2.75) is 45.1 Å². The predicted octanol–water partition coefficient (Wildman–Crippen LogP) is 4.90. The zero-order chi connectivity index (χ0) is 23.0. The second kappa shape index (κ2) is 11.3. The molecule has 1 aromatic heterocycles. The van der Waals surface area contributed by atoms with Crippen LogP contribution in [0.4, 0.5) is 11.8 Å². The van der Waals surface area contributed by atoms with Crippen LogP contribution in [0.2, 0.25) is 0 Å². The molecule has 1 saturated carbocycles. The summed E-state index contributed by atoms with van der Waals surface area (Å²) in [6.07, 6.45) is 5.86. The van der Waals surface area contributed by atoms with E-state index < -0.39 is 0 Å². The van der Waals surface area contributed by atoms with Crippen LogP contribution in [0, 0.1) is 5.92 Å². The standard InChI is InChI=1S/C27H37N5O/c1-4-33-23-15-11-20(12-16-23)17-18-28-19-21-9-13-22(14-10-21)29-27-30-25-8-6-5-7-24(25)26(31-27)32(2)3/h5-8,11-12,15-16,21-22,28H,4,9-10,13-14,17-19H2,1-3H3,(H,29,30,31)/t21-,22+. The molecule has 1 aliphatic carbocycles. The molecule has 4 rings (SSSR count). The first kappa shape index (κ1) is 23.3. The van der Waals surface area contributed by atoms with E-state index >= 15 is 0 Å². The van der Waals surface area contributed by atoms with Gasteiger partial charge in [0.2, 0.25) is 5.95 Å². The largest absolute Gasteiger partial charge is 0.494 e.